The van der Waals surface area contributed by atoms with Gasteiger partial charge in [-0.2, -0.15) is 17.4 Å². The summed E-state index contributed by atoms with van der Waals surface area (Å²) in [6.45, 7) is 2.89. The minimum atomic E-state index is -3.42. The first kappa shape index (κ1) is 14.4. The highest BCUT2D eigenvalue weighted by atomic mass is 32.2. The Labute approximate surface area is 103 Å². The van der Waals surface area contributed by atoms with Crippen molar-refractivity contribution in [2.45, 2.75) is 45.1 Å². The van der Waals surface area contributed by atoms with Crippen LogP contribution in [0.15, 0.2) is 0 Å². The molecule has 4 N–H and O–H groups in total. The van der Waals surface area contributed by atoms with Crippen molar-refractivity contribution < 1.29 is 8.42 Å². The molecule has 6 nitrogen and oxygen atoms in total. The fourth-order valence-corrected chi connectivity index (χ4v) is 3.46. The Morgan fingerprint density at radius 1 is 1.35 bits per heavy atom. The van der Waals surface area contributed by atoms with Crippen LogP contribution in [0.1, 0.15) is 39.0 Å². The highest BCUT2D eigenvalue weighted by Gasteiger charge is 2.24. The zero-order valence-electron chi connectivity index (χ0n) is 10.3. The third-order valence-corrected chi connectivity index (χ3v) is 4.53. The largest absolute Gasteiger partial charge is 0.388 e. The van der Waals surface area contributed by atoms with Crippen molar-refractivity contribution >= 4 is 16.0 Å². The van der Waals surface area contributed by atoms with E-state index in [0.717, 1.165) is 25.7 Å². The molecule has 1 rings (SSSR count). The molecule has 0 bridgehead atoms. The lowest BCUT2D eigenvalue weighted by molar-refractivity contribution is 0.409. The molecule has 1 aliphatic rings. The molecule has 1 aliphatic heterocycles. The summed E-state index contributed by atoms with van der Waals surface area (Å²) in [7, 11) is -3.42. The van der Waals surface area contributed by atoms with Crippen LogP contribution in [-0.2, 0) is 10.2 Å². The summed E-state index contributed by atoms with van der Waals surface area (Å²) >= 11 is 0. The van der Waals surface area contributed by atoms with E-state index < -0.39 is 10.2 Å². The quantitative estimate of drug-likeness (QED) is 0.494. The van der Waals surface area contributed by atoms with E-state index in [-0.39, 0.29) is 18.3 Å². The van der Waals surface area contributed by atoms with Crippen LogP contribution in [-0.4, -0.2) is 37.7 Å². The normalized spacial score (nSPS) is 20.8. The summed E-state index contributed by atoms with van der Waals surface area (Å²) in [6, 6.07) is -0.333. The maximum atomic E-state index is 12.0. The highest BCUT2D eigenvalue weighted by Crippen LogP contribution is 2.12. The van der Waals surface area contributed by atoms with Crippen LogP contribution in [0.4, 0.5) is 0 Å². The Kier molecular flexibility index (Phi) is 5.35. The summed E-state index contributed by atoms with van der Waals surface area (Å²) in [4.78, 5) is 0. The molecule has 1 saturated heterocycles. The molecule has 7 heteroatoms. The minimum Gasteiger partial charge on any atom is -0.388 e. The van der Waals surface area contributed by atoms with E-state index in [0.29, 0.717) is 13.1 Å². The monoisotopic (exact) mass is 262 g/mol. The van der Waals surface area contributed by atoms with E-state index in [1.54, 1.807) is 6.92 Å². The predicted molar refractivity (Wildman–Crippen MR) is 68.1 cm³/mol. The molecule has 0 aromatic carbocycles. The van der Waals surface area contributed by atoms with Crippen molar-refractivity contribution in [3.05, 3.63) is 0 Å². The van der Waals surface area contributed by atoms with Gasteiger partial charge in [-0.1, -0.05) is 12.8 Å². The molecule has 1 heterocycles. The smallest absolute Gasteiger partial charge is 0.279 e. The summed E-state index contributed by atoms with van der Waals surface area (Å²) < 4.78 is 28.1. The third kappa shape index (κ3) is 5.01. The van der Waals surface area contributed by atoms with Crippen LogP contribution in [0.2, 0.25) is 0 Å². The van der Waals surface area contributed by atoms with Gasteiger partial charge in [-0.25, -0.2) is 0 Å². The molecule has 0 saturated carbocycles. The van der Waals surface area contributed by atoms with Gasteiger partial charge >= 0.3 is 0 Å². The third-order valence-electron chi connectivity index (χ3n) is 2.78. The first-order chi connectivity index (χ1) is 7.92. The predicted octanol–water partition coefficient (Wildman–Crippen LogP) is 0.411. The molecule has 0 amide bonds. The number of nitrogens with zero attached hydrogens (tertiary/aromatic N) is 1. The number of hydrogen-bond donors (Lipinski definition) is 3. The van der Waals surface area contributed by atoms with Crippen molar-refractivity contribution in [3.8, 4) is 0 Å². The molecule has 0 aromatic heterocycles. The highest BCUT2D eigenvalue weighted by molar-refractivity contribution is 7.87. The van der Waals surface area contributed by atoms with Crippen LogP contribution in [0.5, 0.6) is 0 Å². The topological polar surface area (TPSA) is 99.3 Å². The standard InChI is InChI=1S/C10H22N4O2S/c1-9(8-10(11)12)13-17(15,16)14-6-4-2-3-5-7-14/h9,13H,2-8H2,1H3,(H3,11,12). The average Bonchev–Trinajstić information content (AvgIpc) is 2.42. The van der Waals surface area contributed by atoms with Gasteiger partial charge in [0.05, 0.1) is 5.84 Å². The van der Waals surface area contributed by atoms with Crippen LogP contribution in [0, 0.1) is 5.41 Å². The van der Waals surface area contributed by atoms with E-state index in [2.05, 4.69) is 4.72 Å². The van der Waals surface area contributed by atoms with Crippen LogP contribution >= 0.6 is 0 Å². The summed E-state index contributed by atoms with van der Waals surface area (Å²) in [5.74, 6) is -0.00364. The van der Waals surface area contributed by atoms with Crippen molar-refractivity contribution in [3.63, 3.8) is 0 Å². The molecule has 0 spiro atoms. The van der Waals surface area contributed by atoms with Crippen LogP contribution < -0.4 is 10.5 Å². The molecule has 1 unspecified atom stereocenters. The van der Waals surface area contributed by atoms with Crippen molar-refractivity contribution in [1.29, 1.82) is 5.41 Å². The van der Waals surface area contributed by atoms with Gasteiger partial charge in [0, 0.05) is 25.6 Å². The van der Waals surface area contributed by atoms with Gasteiger partial charge in [-0.05, 0) is 19.8 Å². The lowest BCUT2D eigenvalue weighted by Gasteiger charge is -2.22. The molecule has 100 valence electrons. The van der Waals surface area contributed by atoms with Gasteiger partial charge in [0.2, 0.25) is 0 Å². The summed E-state index contributed by atoms with van der Waals surface area (Å²) in [5, 5.41) is 7.14. The Bertz CT molecular complexity index is 347. The minimum absolute atomic E-state index is 0.00364. The molecular weight excluding hydrogens is 240 g/mol. The number of hydrogen-bond acceptors (Lipinski definition) is 3. The Hall–Kier alpha value is -0.660. The second-order valence-electron chi connectivity index (χ2n) is 4.57. The molecule has 0 aliphatic carbocycles. The molecule has 17 heavy (non-hydrogen) atoms. The first-order valence-corrected chi connectivity index (χ1v) is 7.46. The number of nitrogens with two attached hydrogens (primary N) is 1. The van der Waals surface area contributed by atoms with E-state index >= 15 is 0 Å². The fourth-order valence-electron chi connectivity index (χ4n) is 1.98. The lowest BCUT2D eigenvalue weighted by Crippen LogP contribution is -2.45. The van der Waals surface area contributed by atoms with Gasteiger partial charge in [0.1, 0.15) is 0 Å². The lowest BCUT2D eigenvalue weighted by atomic mass is 10.2. The number of nitrogens with one attached hydrogen (secondary N) is 2. The van der Waals surface area contributed by atoms with Gasteiger partial charge in [-0.3, -0.25) is 5.41 Å². The summed E-state index contributed by atoms with van der Waals surface area (Å²) in [6.07, 6.45) is 4.26. The molecule has 0 radical (unpaired) electrons. The molecule has 0 aromatic rings. The van der Waals surface area contributed by atoms with Gasteiger partial charge in [-0.15, -0.1) is 0 Å². The van der Waals surface area contributed by atoms with Gasteiger partial charge in [0.15, 0.2) is 0 Å². The van der Waals surface area contributed by atoms with Crippen molar-refractivity contribution in [2.75, 3.05) is 13.1 Å². The Balaban J connectivity index is 2.57. The molecule has 1 atom stereocenters. The van der Waals surface area contributed by atoms with Crippen molar-refractivity contribution in [1.82, 2.24) is 9.03 Å². The maximum absolute atomic E-state index is 12.0. The second-order valence-corrected chi connectivity index (χ2v) is 6.27. The average molecular weight is 262 g/mol. The van der Waals surface area contributed by atoms with E-state index in [4.69, 9.17) is 11.1 Å². The van der Waals surface area contributed by atoms with Crippen LogP contribution in [0.25, 0.3) is 0 Å². The zero-order valence-corrected chi connectivity index (χ0v) is 11.1. The zero-order chi connectivity index (χ0) is 12.9. The maximum Gasteiger partial charge on any atom is 0.279 e. The molecular formula is C10H22N4O2S. The number of rotatable bonds is 5. The Morgan fingerprint density at radius 2 is 1.88 bits per heavy atom. The number of amidine groups is 1. The van der Waals surface area contributed by atoms with Gasteiger partial charge in [0.25, 0.3) is 10.2 Å². The van der Waals surface area contributed by atoms with Crippen molar-refractivity contribution in [2.24, 2.45) is 5.73 Å². The molecule has 1 fully saturated rings. The Morgan fingerprint density at radius 3 is 2.35 bits per heavy atom. The SMILES string of the molecule is CC(CC(=N)N)NS(=O)(=O)N1CCCCCC1. The van der Waals surface area contributed by atoms with E-state index in [9.17, 15) is 8.42 Å². The fraction of sp³-hybridized carbons (Fsp3) is 0.900. The summed E-state index contributed by atoms with van der Waals surface area (Å²) in [5.41, 5.74) is 5.25. The first-order valence-electron chi connectivity index (χ1n) is 6.02. The van der Waals surface area contributed by atoms with E-state index in [1.807, 2.05) is 0 Å². The van der Waals surface area contributed by atoms with Crippen LogP contribution in [0.3, 0.4) is 0 Å². The van der Waals surface area contributed by atoms with Gasteiger partial charge < -0.3 is 5.73 Å². The van der Waals surface area contributed by atoms with E-state index in [1.165, 1.54) is 4.31 Å². The second kappa shape index (κ2) is 6.32.